The van der Waals surface area contributed by atoms with E-state index in [1.807, 2.05) is 36.2 Å². The Bertz CT molecular complexity index is 1180. The molecule has 0 radical (unpaired) electrons. The van der Waals surface area contributed by atoms with E-state index in [4.69, 9.17) is 0 Å². The average molecular weight is 356 g/mol. The van der Waals surface area contributed by atoms with Crippen LogP contribution in [0.5, 0.6) is 0 Å². The monoisotopic (exact) mass is 356 g/mol. The van der Waals surface area contributed by atoms with E-state index in [0.29, 0.717) is 19.5 Å². The van der Waals surface area contributed by atoms with E-state index < -0.39 is 0 Å². The summed E-state index contributed by atoms with van der Waals surface area (Å²) >= 11 is 0. The van der Waals surface area contributed by atoms with Crippen molar-refractivity contribution < 1.29 is 4.79 Å². The summed E-state index contributed by atoms with van der Waals surface area (Å²) in [6.07, 6.45) is 5.05. The summed E-state index contributed by atoms with van der Waals surface area (Å²) < 4.78 is 2.09. The topological polar surface area (TPSA) is 51.0 Å². The third-order valence-corrected chi connectivity index (χ3v) is 5.41. The molecule has 0 N–H and O–H groups in total. The van der Waals surface area contributed by atoms with E-state index >= 15 is 0 Å². The Balaban J connectivity index is 1.41. The second-order valence-electron chi connectivity index (χ2n) is 7.17. The van der Waals surface area contributed by atoms with Crippen molar-refractivity contribution in [1.29, 1.82) is 0 Å². The lowest BCUT2D eigenvalue weighted by Gasteiger charge is -2.28. The summed E-state index contributed by atoms with van der Waals surface area (Å²) in [4.78, 5) is 24.0. The molecule has 0 saturated carbocycles. The number of benzene rings is 1. The third-order valence-electron chi connectivity index (χ3n) is 5.41. The fourth-order valence-electron chi connectivity index (χ4n) is 4.02. The van der Waals surface area contributed by atoms with Crippen LogP contribution in [0.4, 0.5) is 0 Å². The molecule has 5 nitrogen and oxygen atoms in total. The summed E-state index contributed by atoms with van der Waals surface area (Å²) in [6, 6.07) is 14.3. The Morgan fingerprint density at radius 1 is 1.19 bits per heavy atom. The zero-order chi connectivity index (χ0) is 18.4. The van der Waals surface area contributed by atoms with Crippen LogP contribution in [0.2, 0.25) is 0 Å². The Morgan fingerprint density at radius 3 is 3.00 bits per heavy atom. The molecule has 5 rings (SSSR count). The highest BCUT2D eigenvalue weighted by molar-refractivity contribution is 5.89. The van der Waals surface area contributed by atoms with Gasteiger partial charge < -0.3 is 9.47 Å². The van der Waals surface area contributed by atoms with Gasteiger partial charge in [0.15, 0.2) is 5.65 Å². The Kier molecular flexibility index (Phi) is 3.67. The van der Waals surface area contributed by atoms with E-state index in [2.05, 4.69) is 38.9 Å². The van der Waals surface area contributed by atoms with Gasteiger partial charge in [-0.3, -0.25) is 4.79 Å². The van der Waals surface area contributed by atoms with Crippen molar-refractivity contribution in [3.05, 3.63) is 71.7 Å². The molecule has 0 aliphatic carbocycles. The largest absolute Gasteiger partial charge is 0.350 e. The number of hydrogen-bond donors (Lipinski definition) is 0. The predicted octanol–water partition coefficient (Wildman–Crippen LogP) is 3.25. The van der Waals surface area contributed by atoms with Gasteiger partial charge in [0.2, 0.25) is 5.91 Å². The van der Waals surface area contributed by atoms with E-state index in [1.54, 1.807) is 6.20 Å². The number of aromatic nitrogens is 3. The minimum atomic E-state index is 0.170. The van der Waals surface area contributed by atoms with Crippen LogP contribution in [0.25, 0.3) is 21.9 Å². The molecule has 3 aromatic heterocycles. The molecule has 1 amide bonds. The van der Waals surface area contributed by atoms with Gasteiger partial charge >= 0.3 is 0 Å². The molecule has 1 aliphatic rings. The highest BCUT2D eigenvalue weighted by Crippen LogP contribution is 2.24. The number of rotatable bonds is 2. The van der Waals surface area contributed by atoms with Gasteiger partial charge in [0.1, 0.15) is 0 Å². The molecule has 0 fully saturated rings. The van der Waals surface area contributed by atoms with Crippen LogP contribution >= 0.6 is 0 Å². The first kappa shape index (κ1) is 16.0. The molecule has 4 aromatic rings. The molecule has 4 heterocycles. The average Bonchev–Trinajstić information content (AvgIpc) is 3.01. The van der Waals surface area contributed by atoms with Crippen molar-refractivity contribution in [2.45, 2.75) is 19.4 Å². The lowest BCUT2D eigenvalue weighted by Crippen LogP contribution is -2.37. The second-order valence-corrected chi connectivity index (χ2v) is 7.17. The molecule has 0 atom stereocenters. The number of para-hydroxylation sites is 1. The van der Waals surface area contributed by atoms with Crippen molar-refractivity contribution >= 4 is 27.8 Å². The van der Waals surface area contributed by atoms with Crippen LogP contribution in [-0.2, 0) is 31.2 Å². The zero-order valence-corrected chi connectivity index (χ0v) is 15.2. The number of carbonyl (C=O) groups is 1. The number of aryl methyl sites for hydroxylation is 1. The minimum Gasteiger partial charge on any atom is -0.350 e. The lowest BCUT2D eigenvalue weighted by molar-refractivity contribution is -0.131. The lowest BCUT2D eigenvalue weighted by atomic mass is 10.0. The van der Waals surface area contributed by atoms with Crippen LogP contribution in [-0.4, -0.2) is 31.9 Å². The Morgan fingerprint density at radius 2 is 2.07 bits per heavy atom. The molecule has 27 heavy (non-hydrogen) atoms. The van der Waals surface area contributed by atoms with E-state index in [0.717, 1.165) is 45.2 Å². The Labute approximate surface area is 157 Å². The van der Waals surface area contributed by atoms with Gasteiger partial charge in [0, 0.05) is 60.9 Å². The SMILES string of the molecule is Cn1cc(CC(=O)N2CCc3nc4ncccc4cc3C2)c2ccccc21. The normalized spacial score (nSPS) is 13.9. The van der Waals surface area contributed by atoms with Crippen molar-refractivity contribution in [2.75, 3.05) is 6.54 Å². The maximum atomic E-state index is 13.0. The van der Waals surface area contributed by atoms with Crippen LogP contribution in [0, 0.1) is 0 Å². The van der Waals surface area contributed by atoms with Gasteiger partial charge in [-0.2, -0.15) is 0 Å². The highest BCUT2D eigenvalue weighted by atomic mass is 16.2. The standard InChI is InChI=1S/C22H20N4O/c1-25-13-16(18-6-2-3-7-20(18)25)12-21(27)26-10-8-19-17(14-26)11-15-5-4-9-23-22(15)24-19/h2-7,9,11,13H,8,10,12,14H2,1H3. The molecular formula is C22H20N4O. The van der Waals surface area contributed by atoms with Crippen LogP contribution < -0.4 is 0 Å². The van der Waals surface area contributed by atoms with Gasteiger partial charge in [-0.25, -0.2) is 9.97 Å². The fourth-order valence-corrected chi connectivity index (χ4v) is 4.02. The van der Waals surface area contributed by atoms with E-state index in [9.17, 15) is 4.79 Å². The van der Waals surface area contributed by atoms with Crippen LogP contribution in [0.3, 0.4) is 0 Å². The van der Waals surface area contributed by atoms with Gasteiger partial charge in [0.25, 0.3) is 0 Å². The van der Waals surface area contributed by atoms with Crippen LogP contribution in [0.1, 0.15) is 16.8 Å². The molecule has 0 saturated heterocycles. The molecule has 0 unspecified atom stereocenters. The molecule has 1 aromatic carbocycles. The van der Waals surface area contributed by atoms with Gasteiger partial charge in [0.05, 0.1) is 6.42 Å². The summed E-state index contributed by atoms with van der Waals surface area (Å²) in [6.45, 7) is 1.33. The molecule has 5 heteroatoms. The van der Waals surface area contributed by atoms with E-state index in [-0.39, 0.29) is 5.91 Å². The molecule has 1 aliphatic heterocycles. The van der Waals surface area contributed by atoms with Gasteiger partial charge in [-0.15, -0.1) is 0 Å². The first-order valence-corrected chi connectivity index (χ1v) is 9.23. The van der Waals surface area contributed by atoms with Crippen molar-refractivity contribution in [1.82, 2.24) is 19.4 Å². The quantitative estimate of drug-likeness (QED) is 0.554. The number of pyridine rings is 2. The fraction of sp³-hybridized carbons (Fsp3) is 0.227. The van der Waals surface area contributed by atoms with E-state index in [1.165, 1.54) is 0 Å². The van der Waals surface area contributed by atoms with Crippen molar-refractivity contribution in [2.24, 2.45) is 7.05 Å². The van der Waals surface area contributed by atoms with Gasteiger partial charge in [-0.05, 0) is 35.4 Å². The number of fused-ring (bicyclic) bond motifs is 3. The number of carbonyl (C=O) groups excluding carboxylic acids is 1. The van der Waals surface area contributed by atoms with Crippen molar-refractivity contribution in [3.8, 4) is 0 Å². The maximum Gasteiger partial charge on any atom is 0.227 e. The summed E-state index contributed by atoms with van der Waals surface area (Å²) in [5.74, 6) is 0.170. The predicted molar refractivity (Wildman–Crippen MR) is 105 cm³/mol. The Hall–Kier alpha value is -3.21. The third kappa shape index (κ3) is 2.76. The minimum absolute atomic E-state index is 0.170. The highest BCUT2D eigenvalue weighted by Gasteiger charge is 2.23. The maximum absolute atomic E-state index is 13.0. The number of amides is 1. The molecule has 134 valence electrons. The smallest absolute Gasteiger partial charge is 0.227 e. The molecule has 0 bridgehead atoms. The summed E-state index contributed by atoms with van der Waals surface area (Å²) in [5.41, 5.74) is 5.23. The zero-order valence-electron chi connectivity index (χ0n) is 15.2. The first-order valence-electron chi connectivity index (χ1n) is 9.23. The first-order chi connectivity index (χ1) is 13.2. The molecular weight excluding hydrogens is 336 g/mol. The number of hydrogen-bond acceptors (Lipinski definition) is 3. The van der Waals surface area contributed by atoms with Crippen LogP contribution in [0.15, 0.2) is 54.9 Å². The molecule has 0 spiro atoms. The number of nitrogens with zero attached hydrogens (tertiary/aromatic N) is 4. The summed E-state index contributed by atoms with van der Waals surface area (Å²) in [7, 11) is 2.03. The second kappa shape index (κ2) is 6.20. The van der Waals surface area contributed by atoms with Crippen molar-refractivity contribution in [3.63, 3.8) is 0 Å². The van der Waals surface area contributed by atoms with Gasteiger partial charge in [-0.1, -0.05) is 18.2 Å². The summed E-state index contributed by atoms with van der Waals surface area (Å²) in [5, 5.41) is 2.18.